The number of nitro groups is 1. The Kier molecular flexibility index (Phi) is 3.99. The molecule has 0 saturated carbocycles. The van der Waals surface area contributed by atoms with Gasteiger partial charge in [-0.3, -0.25) is 10.1 Å². The van der Waals surface area contributed by atoms with Crippen molar-refractivity contribution in [3.05, 3.63) is 68.7 Å². The summed E-state index contributed by atoms with van der Waals surface area (Å²) in [5, 5.41) is 22.3. The number of hydrogen-bond acceptors (Lipinski definition) is 6. The van der Waals surface area contributed by atoms with E-state index in [4.69, 9.17) is 4.42 Å². The van der Waals surface area contributed by atoms with Crippen molar-refractivity contribution in [3.8, 4) is 17.3 Å². The van der Waals surface area contributed by atoms with Crippen molar-refractivity contribution in [1.82, 2.24) is 4.98 Å². The minimum absolute atomic E-state index is 0.240. The van der Waals surface area contributed by atoms with Gasteiger partial charge < -0.3 is 4.42 Å². The molecule has 0 saturated heterocycles. The van der Waals surface area contributed by atoms with Crippen LogP contribution in [0.4, 0.5) is 5.88 Å². The van der Waals surface area contributed by atoms with Crippen LogP contribution in [-0.2, 0) is 0 Å². The second-order valence-electron chi connectivity index (χ2n) is 4.51. The van der Waals surface area contributed by atoms with Gasteiger partial charge in [-0.2, -0.15) is 5.26 Å². The van der Waals surface area contributed by atoms with E-state index in [1.807, 2.05) is 41.8 Å². The van der Waals surface area contributed by atoms with Gasteiger partial charge in [-0.1, -0.05) is 30.3 Å². The number of allylic oxidation sites excluding steroid dienone is 1. The number of aromatic nitrogens is 1. The molecule has 6 nitrogen and oxygen atoms in total. The second kappa shape index (κ2) is 6.25. The second-order valence-corrected chi connectivity index (χ2v) is 5.36. The van der Waals surface area contributed by atoms with Crippen molar-refractivity contribution >= 4 is 28.9 Å². The lowest BCUT2D eigenvalue weighted by molar-refractivity contribution is -0.402. The Bertz CT molecular complexity index is 919. The van der Waals surface area contributed by atoms with E-state index in [1.54, 1.807) is 0 Å². The number of benzene rings is 1. The van der Waals surface area contributed by atoms with E-state index in [-0.39, 0.29) is 11.6 Å². The largest absolute Gasteiger partial charge is 0.433 e. The first kappa shape index (κ1) is 14.7. The summed E-state index contributed by atoms with van der Waals surface area (Å²) in [4.78, 5) is 14.4. The molecule has 112 valence electrons. The van der Waals surface area contributed by atoms with E-state index in [9.17, 15) is 15.4 Å². The van der Waals surface area contributed by atoms with E-state index < -0.39 is 4.92 Å². The van der Waals surface area contributed by atoms with E-state index in [1.165, 1.54) is 29.5 Å². The van der Waals surface area contributed by atoms with Gasteiger partial charge in [-0.25, -0.2) is 4.98 Å². The number of nitrogens with zero attached hydrogens (tertiary/aromatic N) is 3. The van der Waals surface area contributed by atoms with Crippen LogP contribution < -0.4 is 0 Å². The van der Waals surface area contributed by atoms with E-state index in [0.717, 1.165) is 11.3 Å². The first-order valence-corrected chi connectivity index (χ1v) is 7.42. The number of nitriles is 1. The van der Waals surface area contributed by atoms with Gasteiger partial charge >= 0.3 is 5.88 Å². The monoisotopic (exact) mass is 323 g/mol. The predicted molar refractivity (Wildman–Crippen MR) is 86.4 cm³/mol. The molecule has 7 heteroatoms. The summed E-state index contributed by atoms with van der Waals surface area (Å²) in [7, 11) is 0. The standard InChI is InChI=1S/C16H9N3O3S/c17-9-12(8-13-6-7-15(22-13)19(20)21)16-18-14(10-23-16)11-4-2-1-3-5-11/h1-8,10H/b12-8+. The zero-order chi connectivity index (χ0) is 16.2. The summed E-state index contributed by atoms with van der Waals surface area (Å²) in [6.45, 7) is 0. The highest BCUT2D eigenvalue weighted by Gasteiger charge is 2.13. The molecular weight excluding hydrogens is 314 g/mol. The van der Waals surface area contributed by atoms with E-state index in [0.29, 0.717) is 10.6 Å². The number of furan rings is 1. The van der Waals surface area contributed by atoms with Crippen molar-refractivity contribution in [2.24, 2.45) is 0 Å². The van der Waals surface area contributed by atoms with Gasteiger partial charge in [0.15, 0.2) is 0 Å². The maximum absolute atomic E-state index is 10.6. The zero-order valence-electron chi connectivity index (χ0n) is 11.7. The molecule has 2 heterocycles. The minimum Gasteiger partial charge on any atom is -0.401 e. The fraction of sp³-hybridized carbons (Fsp3) is 0. The lowest BCUT2D eigenvalue weighted by Crippen LogP contribution is -1.83. The Morgan fingerprint density at radius 2 is 2.09 bits per heavy atom. The average molecular weight is 323 g/mol. The lowest BCUT2D eigenvalue weighted by atomic mass is 10.2. The highest BCUT2D eigenvalue weighted by atomic mass is 32.1. The van der Waals surface area contributed by atoms with Crippen molar-refractivity contribution < 1.29 is 9.34 Å². The quantitative estimate of drug-likeness (QED) is 0.403. The summed E-state index contributed by atoms with van der Waals surface area (Å²) < 4.78 is 5.04. The van der Waals surface area contributed by atoms with Gasteiger partial charge in [0.05, 0.1) is 17.3 Å². The van der Waals surface area contributed by atoms with Crippen LogP contribution in [-0.4, -0.2) is 9.91 Å². The van der Waals surface area contributed by atoms with Crippen molar-refractivity contribution in [1.29, 1.82) is 5.26 Å². The third-order valence-electron chi connectivity index (χ3n) is 3.00. The molecule has 0 atom stereocenters. The SMILES string of the molecule is N#C/C(=C\c1ccc([N+](=O)[O-])o1)c1nc(-c2ccccc2)cs1. The molecule has 0 aliphatic rings. The Balaban J connectivity index is 1.92. The highest BCUT2D eigenvalue weighted by Crippen LogP contribution is 2.28. The van der Waals surface area contributed by atoms with Crippen LogP contribution in [0, 0.1) is 21.4 Å². The summed E-state index contributed by atoms with van der Waals surface area (Å²) in [6, 6.07) is 14.4. The molecule has 0 aliphatic heterocycles. The fourth-order valence-electron chi connectivity index (χ4n) is 1.94. The summed E-state index contributed by atoms with van der Waals surface area (Å²) in [6.07, 6.45) is 1.45. The van der Waals surface area contributed by atoms with Gasteiger partial charge in [-0.05, 0) is 6.07 Å². The summed E-state index contributed by atoms with van der Waals surface area (Å²) in [5.41, 5.74) is 2.03. The van der Waals surface area contributed by atoms with Gasteiger partial charge in [0.25, 0.3) is 0 Å². The molecule has 23 heavy (non-hydrogen) atoms. The molecule has 2 aromatic heterocycles. The minimum atomic E-state index is -0.625. The normalized spacial score (nSPS) is 11.2. The zero-order valence-corrected chi connectivity index (χ0v) is 12.5. The summed E-state index contributed by atoms with van der Waals surface area (Å²) >= 11 is 1.33. The topological polar surface area (TPSA) is 93.0 Å². The predicted octanol–water partition coefficient (Wildman–Crippen LogP) is 4.38. The van der Waals surface area contributed by atoms with Crippen molar-refractivity contribution in [2.45, 2.75) is 0 Å². The molecule has 0 aliphatic carbocycles. The van der Waals surface area contributed by atoms with Crippen molar-refractivity contribution in [3.63, 3.8) is 0 Å². The lowest BCUT2D eigenvalue weighted by Gasteiger charge is -1.94. The maximum Gasteiger partial charge on any atom is 0.433 e. The number of hydrogen-bond donors (Lipinski definition) is 0. The maximum atomic E-state index is 10.6. The van der Waals surface area contributed by atoms with E-state index >= 15 is 0 Å². The van der Waals surface area contributed by atoms with Crippen LogP contribution in [0.2, 0.25) is 0 Å². The Hall–Kier alpha value is -3.24. The van der Waals surface area contributed by atoms with Gasteiger partial charge in [0.2, 0.25) is 0 Å². The van der Waals surface area contributed by atoms with Gasteiger partial charge in [-0.15, -0.1) is 11.3 Å². The summed E-state index contributed by atoms with van der Waals surface area (Å²) in [5.74, 6) is -0.123. The molecule has 0 N–H and O–H groups in total. The molecule has 0 radical (unpaired) electrons. The fourth-order valence-corrected chi connectivity index (χ4v) is 2.74. The number of rotatable bonds is 4. The third-order valence-corrected chi connectivity index (χ3v) is 3.88. The molecule has 3 aromatic rings. The first-order valence-electron chi connectivity index (χ1n) is 6.55. The van der Waals surface area contributed by atoms with Crippen LogP contribution in [0.15, 0.2) is 52.3 Å². The Labute approximate surface area is 135 Å². The third kappa shape index (κ3) is 3.17. The molecule has 0 spiro atoms. The van der Waals surface area contributed by atoms with Crippen LogP contribution in [0.5, 0.6) is 0 Å². The molecule has 0 bridgehead atoms. The first-order chi connectivity index (χ1) is 11.2. The van der Waals surface area contributed by atoms with Crippen LogP contribution in [0.25, 0.3) is 22.9 Å². The molecular formula is C16H9N3O3S. The molecule has 3 rings (SSSR count). The van der Waals surface area contributed by atoms with Crippen molar-refractivity contribution in [2.75, 3.05) is 0 Å². The molecule has 1 aromatic carbocycles. The molecule has 0 fully saturated rings. The Morgan fingerprint density at radius 1 is 1.30 bits per heavy atom. The average Bonchev–Trinajstić information content (AvgIpc) is 3.23. The van der Waals surface area contributed by atoms with E-state index in [2.05, 4.69) is 4.98 Å². The van der Waals surface area contributed by atoms with Crippen LogP contribution >= 0.6 is 11.3 Å². The van der Waals surface area contributed by atoms with Crippen LogP contribution in [0.1, 0.15) is 10.8 Å². The van der Waals surface area contributed by atoms with Gasteiger partial charge in [0, 0.05) is 17.0 Å². The highest BCUT2D eigenvalue weighted by molar-refractivity contribution is 7.11. The van der Waals surface area contributed by atoms with Gasteiger partial charge in [0.1, 0.15) is 21.8 Å². The number of thiazole rings is 1. The molecule has 0 unspecified atom stereocenters. The van der Waals surface area contributed by atoms with Crippen LogP contribution in [0.3, 0.4) is 0 Å². The smallest absolute Gasteiger partial charge is 0.401 e. The molecule has 0 amide bonds. The Morgan fingerprint density at radius 3 is 2.74 bits per heavy atom.